The summed E-state index contributed by atoms with van der Waals surface area (Å²) in [5, 5.41) is 4.66. The maximum absolute atomic E-state index is 4.76. The second-order valence-corrected chi connectivity index (χ2v) is 5.36. The molecule has 0 fully saturated rings. The van der Waals surface area contributed by atoms with Crippen LogP contribution in [0.1, 0.15) is 54.2 Å². The van der Waals surface area contributed by atoms with Crippen molar-refractivity contribution in [3.63, 3.8) is 0 Å². The molecule has 1 aliphatic carbocycles. The molecule has 1 atom stereocenters. The molecule has 2 nitrogen and oxygen atoms in total. The lowest BCUT2D eigenvalue weighted by atomic mass is 9.98. The number of fused-ring (bicyclic) bond motifs is 1. The zero-order valence-electron chi connectivity index (χ0n) is 9.13. The molecule has 1 aliphatic rings. The van der Waals surface area contributed by atoms with Crippen LogP contribution in [0.4, 0.5) is 0 Å². The van der Waals surface area contributed by atoms with Gasteiger partial charge in [-0.15, -0.1) is 11.3 Å². The molecule has 0 aromatic carbocycles. The van der Waals surface area contributed by atoms with Crippen LogP contribution in [0, 0.1) is 0 Å². The highest BCUT2D eigenvalue weighted by Gasteiger charge is 2.23. The van der Waals surface area contributed by atoms with Gasteiger partial charge in [0.15, 0.2) is 0 Å². The number of rotatable bonds is 2. The first kappa shape index (κ1) is 10.1. The topological polar surface area (TPSA) is 24.9 Å². The van der Waals surface area contributed by atoms with E-state index in [0.29, 0.717) is 12.0 Å². The zero-order valence-corrected chi connectivity index (χ0v) is 9.95. The minimum Gasteiger partial charge on any atom is -0.312 e. The third-order valence-electron chi connectivity index (χ3n) is 2.81. The van der Waals surface area contributed by atoms with Gasteiger partial charge in [0.1, 0.15) is 0 Å². The number of aryl methyl sites for hydroxylation is 1. The van der Waals surface area contributed by atoms with Crippen molar-refractivity contribution in [1.29, 1.82) is 0 Å². The molecule has 1 unspecified atom stereocenters. The number of thiazole rings is 1. The van der Waals surface area contributed by atoms with E-state index in [0.717, 1.165) is 0 Å². The molecule has 78 valence electrons. The van der Waals surface area contributed by atoms with Crippen molar-refractivity contribution in [1.82, 2.24) is 10.3 Å². The molecular formula is C11H18N2S. The Morgan fingerprint density at radius 3 is 2.93 bits per heavy atom. The lowest BCUT2D eigenvalue weighted by molar-refractivity contribution is 0.488. The maximum atomic E-state index is 4.76. The molecule has 1 N–H and O–H groups in total. The largest absolute Gasteiger partial charge is 0.312 e. The van der Waals surface area contributed by atoms with E-state index in [-0.39, 0.29) is 0 Å². The van der Waals surface area contributed by atoms with Crippen molar-refractivity contribution in [2.45, 2.75) is 45.1 Å². The number of nitrogens with zero attached hydrogens (tertiary/aromatic N) is 1. The number of hydrogen-bond acceptors (Lipinski definition) is 3. The van der Waals surface area contributed by atoms with Gasteiger partial charge in [-0.3, -0.25) is 0 Å². The lowest BCUT2D eigenvalue weighted by Gasteiger charge is -2.19. The molecule has 0 saturated heterocycles. The van der Waals surface area contributed by atoms with E-state index in [1.165, 1.54) is 34.8 Å². The minimum absolute atomic E-state index is 0.502. The first-order valence-electron chi connectivity index (χ1n) is 5.39. The standard InChI is InChI=1S/C11H18N2S/c1-7(2)11-13-10-8(12-3)5-4-6-9(10)14-11/h7-8,12H,4-6H2,1-3H3. The minimum atomic E-state index is 0.502. The quantitative estimate of drug-likeness (QED) is 0.812. The Bertz CT molecular complexity index is 317. The highest BCUT2D eigenvalue weighted by Crippen LogP contribution is 2.35. The van der Waals surface area contributed by atoms with Gasteiger partial charge in [-0.2, -0.15) is 0 Å². The van der Waals surface area contributed by atoms with Crippen LogP contribution in [0.3, 0.4) is 0 Å². The third kappa shape index (κ3) is 1.71. The Hall–Kier alpha value is -0.410. The van der Waals surface area contributed by atoms with Gasteiger partial charge >= 0.3 is 0 Å². The first-order chi connectivity index (χ1) is 6.72. The summed E-state index contributed by atoms with van der Waals surface area (Å²) >= 11 is 1.91. The molecule has 0 amide bonds. The monoisotopic (exact) mass is 210 g/mol. The maximum Gasteiger partial charge on any atom is 0.0957 e. The van der Waals surface area contributed by atoms with Crippen molar-refractivity contribution in [2.24, 2.45) is 0 Å². The Morgan fingerprint density at radius 2 is 2.29 bits per heavy atom. The molecule has 0 bridgehead atoms. The predicted octanol–water partition coefficient (Wildman–Crippen LogP) is 2.86. The summed E-state index contributed by atoms with van der Waals surface area (Å²) in [7, 11) is 2.04. The fraction of sp³-hybridized carbons (Fsp3) is 0.727. The van der Waals surface area contributed by atoms with Crippen LogP contribution in [0.2, 0.25) is 0 Å². The summed E-state index contributed by atoms with van der Waals surface area (Å²) in [5.41, 5.74) is 1.33. The van der Waals surface area contributed by atoms with Crippen molar-refractivity contribution in [3.8, 4) is 0 Å². The van der Waals surface area contributed by atoms with E-state index in [2.05, 4.69) is 19.2 Å². The number of aromatic nitrogens is 1. The molecule has 1 aromatic heterocycles. The summed E-state index contributed by atoms with van der Waals surface area (Å²) in [4.78, 5) is 6.27. The van der Waals surface area contributed by atoms with Gasteiger partial charge in [-0.25, -0.2) is 4.98 Å². The van der Waals surface area contributed by atoms with E-state index in [4.69, 9.17) is 4.98 Å². The van der Waals surface area contributed by atoms with Crippen molar-refractivity contribution in [3.05, 3.63) is 15.6 Å². The zero-order chi connectivity index (χ0) is 10.1. The van der Waals surface area contributed by atoms with Crippen LogP contribution in [-0.4, -0.2) is 12.0 Å². The number of nitrogens with one attached hydrogen (secondary N) is 1. The molecule has 0 spiro atoms. The van der Waals surface area contributed by atoms with Crippen LogP contribution in [-0.2, 0) is 6.42 Å². The van der Waals surface area contributed by atoms with E-state index in [9.17, 15) is 0 Å². The third-order valence-corrected chi connectivity index (χ3v) is 4.24. The van der Waals surface area contributed by atoms with Crippen LogP contribution in [0.15, 0.2) is 0 Å². The van der Waals surface area contributed by atoms with Gasteiger partial charge in [0.25, 0.3) is 0 Å². The summed E-state index contributed by atoms with van der Waals surface area (Å²) < 4.78 is 0. The van der Waals surface area contributed by atoms with E-state index in [1.807, 2.05) is 18.4 Å². The molecule has 0 aliphatic heterocycles. The number of hydrogen-bond donors (Lipinski definition) is 1. The highest BCUT2D eigenvalue weighted by atomic mass is 32.1. The highest BCUT2D eigenvalue weighted by molar-refractivity contribution is 7.11. The molecule has 3 heteroatoms. The van der Waals surface area contributed by atoms with Gasteiger partial charge in [-0.05, 0) is 26.3 Å². The molecule has 0 saturated carbocycles. The molecule has 0 radical (unpaired) electrons. The molecule has 1 heterocycles. The Kier molecular flexibility index (Phi) is 2.88. The van der Waals surface area contributed by atoms with Crippen LogP contribution in [0.5, 0.6) is 0 Å². The lowest BCUT2D eigenvalue weighted by Crippen LogP contribution is -2.21. The first-order valence-corrected chi connectivity index (χ1v) is 6.20. The van der Waals surface area contributed by atoms with Crippen molar-refractivity contribution in [2.75, 3.05) is 7.05 Å². The SMILES string of the molecule is CNC1CCCc2sc(C(C)C)nc21. The predicted molar refractivity (Wildman–Crippen MR) is 60.9 cm³/mol. The van der Waals surface area contributed by atoms with Crippen molar-refractivity contribution >= 4 is 11.3 Å². The second-order valence-electron chi connectivity index (χ2n) is 4.25. The average molecular weight is 210 g/mol. The summed E-state index contributed by atoms with van der Waals surface area (Å²) in [6.07, 6.45) is 3.78. The smallest absolute Gasteiger partial charge is 0.0957 e. The van der Waals surface area contributed by atoms with E-state index >= 15 is 0 Å². The van der Waals surface area contributed by atoms with Crippen molar-refractivity contribution < 1.29 is 0 Å². The normalized spacial score (nSPS) is 21.3. The molecule has 2 rings (SSSR count). The average Bonchev–Trinajstić information content (AvgIpc) is 2.60. The van der Waals surface area contributed by atoms with Crippen LogP contribution in [0.25, 0.3) is 0 Å². The van der Waals surface area contributed by atoms with E-state index < -0.39 is 0 Å². The summed E-state index contributed by atoms with van der Waals surface area (Å²) in [6.45, 7) is 4.44. The Labute approximate surface area is 89.8 Å². The van der Waals surface area contributed by atoms with Gasteiger partial charge in [0, 0.05) is 10.8 Å². The Morgan fingerprint density at radius 1 is 1.50 bits per heavy atom. The van der Waals surface area contributed by atoms with Gasteiger partial charge in [0.05, 0.1) is 16.7 Å². The van der Waals surface area contributed by atoms with Gasteiger partial charge in [0.2, 0.25) is 0 Å². The summed E-state index contributed by atoms with van der Waals surface area (Å²) in [5.74, 6) is 0.572. The Balaban J connectivity index is 2.33. The molecular weight excluding hydrogens is 192 g/mol. The summed E-state index contributed by atoms with van der Waals surface area (Å²) in [6, 6.07) is 0.502. The van der Waals surface area contributed by atoms with E-state index in [1.54, 1.807) is 0 Å². The molecule has 14 heavy (non-hydrogen) atoms. The van der Waals surface area contributed by atoms with Gasteiger partial charge < -0.3 is 5.32 Å². The second kappa shape index (κ2) is 3.99. The molecule has 1 aromatic rings. The fourth-order valence-corrected chi connectivity index (χ4v) is 3.14. The van der Waals surface area contributed by atoms with Crippen LogP contribution < -0.4 is 5.32 Å². The fourth-order valence-electron chi connectivity index (χ4n) is 1.97. The van der Waals surface area contributed by atoms with Gasteiger partial charge in [-0.1, -0.05) is 13.8 Å². The van der Waals surface area contributed by atoms with Crippen LogP contribution >= 0.6 is 11.3 Å².